The Balaban J connectivity index is 1.36. The molecule has 11 N–H and O–H groups in total. The van der Waals surface area contributed by atoms with Crippen LogP contribution in [0.5, 0.6) is 0 Å². The number of fused-ring (bicyclic) bond motifs is 11. The summed E-state index contributed by atoms with van der Waals surface area (Å²) in [7, 11) is 0. The maximum atomic E-state index is 13.8. The minimum absolute atomic E-state index is 0.0582. The van der Waals surface area contributed by atoms with Gasteiger partial charge in [-0.1, -0.05) is 59.4 Å². The molecule has 1 aliphatic rings. The van der Waals surface area contributed by atoms with E-state index >= 15 is 0 Å². The Morgan fingerprint density at radius 2 is 1.22 bits per heavy atom. The van der Waals surface area contributed by atoms with Crippen LogP contribution in [0.2, 0.25) is 0 Å². The molecule has 0 fully saturated rings. The van der Waals surface area contributed by atoms with E-state index in [-0.39, 0.29) is 91.0 Å². The number of nitrogens with zero attached hydrogens (tertiary/aromatic N) is 5. The van der Waals surface area contributed by atoms with E-state index in [1.807, 2.05) is 5.32 Å². The number of carboxylic acid groups (broad SMARTS) is 1. The third-order valence-electron chi connectivity index (χ3n) is 11.1. The van der Waals surface area contributed by atoms with Crippen LogP contribution < -0.4 is 47.9 Å². The van der Waals surface area contributed by atoms with Gasteiger partial charge < -0.3 is 71.3 Å². The number of hydrogen-bond donors (Lipinski definition) is 11. The van der Waals surface area contributed by atoms with Gasteiger partial charge in [-0.25, -0.2) is 29.7 Å². The molecule has 29 nitrogen and oxygen atoms in total. The summed E-state index contributed by atoms with van der Waals surface area (Å²) < 4.78 is 16.9. The van der Waals surface area contributed by atoms with Gasteiger partial charge in [-0.3, -0.25) is 43.2 Å². The van der Waals surface area contributed by atoms with E-state index < -0.39 is 106 Å². The highest BCUT2D eigenvalue weighted by Crippen LogP contribution is 2.33. The quantitative estimate of drug-likeness (QED) is 0.103. The Bertz CT molecular complexity index is 3610. The first kappa shape index (κ1) is 59.5. The second kappa shape index (κ2) is 24.7. The fraction of sp³-hybridized carbons (Fsp3) is 0.196. The number of amides is 9. The van der Waals surface area contributed by atoms with E-state index in [0.717, 1.165) is 17.6 Å². The molecule has 0 radical (unpaired) electrons. The zero-order chi connectivity index (χ0) is 59.9. The van der Waals surface area contributed by atoms with Crippen molar-refractivity contribution >= 4 is 87.6 Å². The highest BCUT2D eigenvalue weighted by atomic mass is 32.1. The summed E-state index contributed by atoms with van der Waals surface area (Å²) in [6.45, 7) is 30.0. The molecule has 81 heavy (non-hydrogen) atoms. The number of rotatable bonds is 7. The van der Waals surface area contributed by atoms with Crippen LogP contribution in [0.3, 0.4) is 0 Å². The first-order valence-corrected chi connectivity index (χ1v) is 24.4. The molecule has 3 atom stereocenters. The van der Waals surface area contributed by atoms with Crippen molar-refractivity contribution in [3.63, 3.8) is 0 Å². The van der Waals surface area contributed by atoms with Crippen molar-refractivity contribution in [1.29, 1.82) is 0 Å². The number of aliphatic hydroxyl groups excluding tert-OH is 1. The number of allylic oxidation sites excluding steroid dienone is 1. The van der Waals surface area contributed by atoms with Gasteiger partial charge in [-0.05, 0) is 45.7 Å². The minimum atomic E-state index is -1.66. The summed E-state index contributed by atoms with van der Waals surface area (Å²) in [6.07, 6.45) is 0.857. The second-order valence-electron chi connectivity index (χ2n) is 17.5. The average Bonchev–Trinajstić information content (AvgIpc) is 4.35. The van der Waals surface area contributed by atoms with Gasteiger partial charge in [0.05, 0.1) is 40.3 Å². The molecule has 9 amide bonds. The van der Waals surface area contributed by atoms with Gasteiger partial charge in [0.1, 0.15) is 63.3 Å². The molecule has 0 aromatic carbocycles. The van der Waals surface area contributed by atoms with E-state index in [9.17, 15) is 53.1 Å². The van der Waals surface area contributed by atoms with Crippen LogP contribution in [0.25, 0.3) is 39.1 Å². The lowest BCUT2D eigenvalue weighted by molar-refractivity contribution is -0.134. The number of pyridine rings is 1. The van der Waals surface area contributed by atoms with Crippen molar-refractivity contribution in [2.45, 2.75) is 59.7 Å². The summed E-state index contributed by atoms with van der Waals surface area (Å²) in [6, 6.07) is -0.414. The third-order valence-corrected chi connectivity index (χ3v) is 12.0. The van der Waals surface area contributed by atoms with Crippen LogP contribution >= 0.6 is 11.3 Å². The number of aromatic nitrogens is 5. The number of thiazole rings is 1. The molecule has 0 saturated carbocycles. The monoisotopic (exact) mass is 1130 g/mol. The second-order valence-corrected chi connectivity index (χ2v) is 18.4. The molecule has 420 valence electrons. The Labute approximate surface area is 462 Å². The van der Waals surface area contributed by atoms with Crippen molar-refractivity contribution < 1.29 is 71.4 Å². The normalized spacial score (nSPS) is 17.2. The number of oxazole rings is 3. The lowest BCUT2D eigenvalue weighted by Crippen LogP contribution is -2.52. The summed E-state index contributed by atoms with van der Waals surface area (Å²) in [5, 5.41) is 42.2. The van der Waals surface area contributed by atoms with Gasteiger partial charge in [0.2, 0.25) is 29.5 Å². The SMILES string of the molecule is C=C(NC(=O)C(=C)NC(=O)c1ccc2c(n1)-c1coc(n1)C(=C)NC(=O)C(=C)NC(=O)c1nc(oc1C)C(=C)NC(=O)C(C(C)C)NC(=O)C(=C)NC(=O)c1nc(oc1C)C(=CC)NC(=O)C(C(C)O)NC(=O)c1csc-2n1)C(=O)O. The molecule has 0 saturated heterocycles. The van der Waals surface area contributed by atoms with E-state index in [1.165, 1.54) is 51.3 Å². The van der Waals surface area contributed by atoms with Gasteiger partial charge in [0, 0.05) is 10.9 Å². The fourth-order valence-electron chi connectivity index (χ4n) is 6.85. The number of carbonyl (C=O) groups is 10. The van der Waals surface area contributed by atoms with Crippen molar-refractivity contribution in [1.82, 2.24) is 72.8 Å². The molecular weight excluding hydrogens is 1080 g/mol. The van der Waals surface area contributed by atoms with Crippen LogP contribution in [0.15, 0.2) is 105 Å². The van der Waals surface area contributed by atoms with E-state index in [0.29, 0.717) is 0 Å². The lowest BCUT2D eigenvalue weighted by atomic mass is 10.0. The molecule has 30 heteroatoms. The Hall–Kier alpha value is -10.8. The number of carboxylic acids is 1. The molecule has 0 spiro atoms. The summed E-state index contributed by atoms with van der Waals surface area (Å²) in [4.78, 5) is 153. The number of carbonyl (C=O) groups excluding carboxylic acids is 9. The van der Waals surface area contributed by atoms with E-state index in [2.05, 4.69) is 107 Å². The number of aliphatic hydroxyl groups is 1. The van der Waals surface area contributed by atoms with Crippen LogP contribution in [-0.4, -0.2) is 112 Å². The van der Waals surface area contributed by atoms with Gasteiger partial charge in [-0.15, -0.1) is 11.3 Å². The highest BCUT2D eigenvalue weighted by Gasteiger charge is 2.32. The molecule has 1 aliphatic heterocycles. The number of hydrogen-bond acceptors (Lipinski definition) is 20. The number of nitrogens with one attached hydrogen (secondary N) is 9. The molecule has 6 rings (SSSR count). The maximum Gasteiger partial charge on any atom is 0.351 e. The van der Waals surface area contributed by atoms with Gasteiger partial charge >= 0.3 is 5.97 Å². The number of aliphatic carboxylic acids is 1. The first-order valence-electron chi connectivity index (χ1n) is 23.5. The summed E-state index contributed by atoms with van der Waals surface area (Å²) >= 11 is 0.884. The van der Waals surface area contributed by atoms with Gasteiger partial charge in [0.25, 0.3) is 41.4 Å². The zero-order valence-corrected chi connectivity index (χ0v) is 44.6. The maximum absolute atomic E-state index is 13.8. The molecule has 5 aromatic rings. The molecule has 6 heterocycles. The summed E-state index contributed by atoms with van der Waals surface area (Å²) in [5.74, 6) is -12.1. The molecule has 8 bridgehead atoms. The van der Waals surface area contributed by atoms with Gasteiger partial charge in [0.15, 0.2) is 11.4 Å². The van der Waals surface area contributed by atoms with Crippen LogP contribution in [0, 0.1) is 19.8 Å². The van der Waals surface area contributed by atoms with Crippen LogP contribution in [0.4, 0.5) is 0 Å². The molecule has 0 aliphatic carbocycles. The average molecular weight is 1130 g/mol. The third kappa shape index (κ3) is 13.9. The van der Waals surface area contributed by atoms with E-state index in [1.54, 1.807) is 13.8 Å². The molecule has 3 unspecified atom stereocenters. The predicted molar refractivity (Wildman–Crippen MR) is 284 cm³/mol. The van der Waals surface area contributed by atoms with Crippen molar-refractivity contribution in [2.24, 2.45) is 5.92 Å². The van der Waals surface area contributed by atoms with Crippen LogP contribution in [0.1, 0.15) is 98.8 Å². The standard InChI is InChI=1S/C51H50N14O15S/c1-13-29-49-65-36(27(12)80-49)46(75)54-21(6)40(69)62-33(18(2)3)43(72)56-23(8)48-64-35(26(11)79-48)45(74)53-20(5)38(67)55-22(7)47-60-31(16-78-47)37-28(50-61-32(17-81-50)42(71)63-34(25(10)66)44(73)59-29)14-15-30(58-37)41(70)52-19(4)39(68)57-24(9)51(76)77/h13-18,25,33-34,66H,4-9H2,1-3,10-12H3,(H,52,70)(H,53,74)(H,54,75)(H,55,67)(H,56,72)(H,57,68)(H,59,73)(H,62,69)(H,63,71)(H,76,77). The molecular formula is C51H50N14O15S. The lowest BCUT2D eigenvalue weighted by Gasteiger charge is -2.22. The fourth-order valence-corrected chi connectivity index (χ4v) is 7.68. The Kier molecular flexibility index (Phi) is 18.2. The van der Waals surface area contributed by atoms with Crippen molar-refractivity contribution in [2.75, 3.05) is 0 Å². The van der Waals surface area contributed by atoms with Crippen molar-refractivity contribution in [3.8, 4) is 22.0 Å². The van der Waals surface area contributed by atoms with E-state index in [4.69, 9.17) is 18.4 Å². The Morgan fingerprint density at radius 3 is 1.83 bits per heavy atom. The zero-order valence-electron chi connectivity index (χ0n) is 43.8. The predicted octanol–water partition coefficient (Wildman–Crippen LogP) is 1.58. The summed E-state index contributed by atoms with van der Waals surface area (Å²) in [5.41, 5.74) is -4.57. The number of aryl methyl sites for hydroxylation is 2. The van der Waals surface area contributed by atoms with Gasteiger partial charge in [-0.2, -0.15) is 0 Å². The molecule has 5 aromatic heterocycles. The highest BCUT2D eigenvalue weighted by molar-refractivity contribution is 7.13. The largest absolute Gasteiger partial charge is 0.477 e. The van der Waals surface area contributed by atoms with Crippen LogP contribution in [-0.2, 0) is 28.8 Å². The Morgan fingerprint density at radius 1 is 0.654 bits per heavy atom. The smallest absolute Gasteiger partial charge is 0.351 e. The minimum Gasteiger partial charge on any atom is -0.477 e. The first-order chi connectivity index (χ1) is 38.1. The van der Waals surface area contributed by atoms with Crippen molar-refractivity contribution in [3.05, 3.63) is 144 Å². The topological polar surface area (TPSA) is 423 Å².